The minimum absolute atomic E-state index is 0.00353. The molecule has 0 bridgehead atoms. The van der Waals surface area contributed by atoms with Crippen molar-refractivity contribution >= 4 is 11.7 Å². The lowest BCUT2D eigenvalue weighted by Crippen LogP contribution is -2.67. The zero-order chi connectivity index (χ0) is 61.1. The molecule has 22 heteroatoms. The van der Waals surface area contributed by atoms with Gasteiger partial charge in [0.2, 0.25) is 0 Å². The van der Waals surface area contributed by atoms with Crippen molar-refractivity contribution in [1.82, 2.24) is 5.32 Å². The molecule has 0 aromatic heterocycles. The van der Waals surface area contributed by atoms with Gasteiger partial charge < -0.3 is 100 Å². The number of aliphatic hydroxyl groups excluding tert-OH is 13. The number of carbonyl (C=O) groups is 2. The third kappa shape index (κ3) is 27.3. The zero-order valence-electron chi connectivity index (χ0n) is 50.6. The third-order valence-electron chi connectivity index (χ3n) is 16.9. The molecule has 3 aliphatic rings. The Hall–Kier alpha value is -1.62. The maximum atomic E-state index is 13.6. The van der Waals surface area contributed by atoms with Crippen molar-refractivity contribution in [2.45, 2.75) is 355 Å². The highest BCUT2D eigenvalue weighted by molar-refractivity contribution is 6.05. The van der Waals surface area contributed by atoms with Gasteiger partial charge in [0, 0.05) is 0 Å². The first-order valence-corrected chi connectivity index (χ1v) is 32.4. The molecule has 14 N–H and O–H groups in total. The fraction of sp³-hybridized carbons (Fsp3) is 0.967. The standard InChI is InChI=1S/C61H115NO21/c1-4-6-8-10-12-14-16-18-19-20-21-22-24-26-28-30-32-34-36-43(66)48(69)52(73)58(77)62-41(47(68)42(65)35-33-31-29-27-25-23-17-15-13-11-9-7-5-2)39-78-59-55(76)57(83-60-53(74)50(71)46(67)40(3)79-60)56(45(38-64)81-59)82-61-54(75)51(72)49(70)44(37-63)80-61/h40-47,49-57,59-61,63-68,70-76H,4-39H2,1-3H3,(H,62,77)/t40-,41+,42-,43-,44-,45-,46+,47+,49+,50+,51+,52-,53-,54-,55-,56-,57-,59-,60-,61+/m1/s1. The molecule has 3 aliphatic heterocycles. The van der Waals surface area contributed by atoms with E-state index in [1.54, 1.807) is 0 Å². The second-order valence-corrected chi connectivity index (χ2v) is 24.0. The van der Waals surface area contributed by atoms with Crippen molar-refractivity contribution in [3.63, 3.8) is 0 Å². The SMILES string of the molecule is CCCCCCCCCCCCCCCCCCCC[C@@H](O)C(=O)[C@@H](O)C(=O)N[C@@H](CO[C@@H]1O[C@H](CO)[C@@H](O[C@@H]2O[C@H](CO)[C@H](O)[C@H](O)[C@H]2O)[C@H](O[C@H]2O[C@H](C)[C@H](O)[C@H](O)[C@H]2O)[C@H]1O)[C@H](O)[C@H](O)CCCCCCCCCCCCCCC. The molecule has 3 saturated heterocycles. The van der Waals surface area contributed by atoms with Crippen LogP contribution in [0.5, 0.6) is 0 Å². The van der Waals surface area contributed by atoms with Gasteiger partial charge in [-0.1, -0.05) is 213 Å². The van der Waals surface area contributed by atoms with Crippen LogP contribution >= 0.6 is 0 Å². The van der Waals surface area contributed by atoms with Crippen molar-refractivity contribution in [2.24, 2.45) is 0 Å². The van der Waals surface area contributed by atoms with Crippen LogP contribution in [0.15, 0.2) is 0 Å². The van der Waals surface area contributed by atoms with Crippen LogP contribution in [0.2, 0.25) is 0 Å². The predicted octanol–water partition coefficient (Wildman–Crippen LogP) is 3.89. The van der Waals surface area contributed by atoms with Crippen LogP contribution in [0.4, 0.5) is 0 Å². The number of hydrogen-bond donors (Lipinski definition) is 14. The molecule has 0 spiro atoms. The minimum Gasteiger partial charge on any atom is -0.394 e. The molecule has 83 heavy (non-hydrogen) atoms. The van der Waals surface area contributed by atoms with Gasteiger partial charge in [-0.25, -0.2) is 0 Å². The van der Waals surface area contributed by atoms with Gasteiger partial charge in [0.05, 0.1) is 38.1 Å². The van der Waals surface area contributed by atoms with Gasteiger partial charge in [-0.3, -0.25) is 9.59 Å². The van der Waals surface area contributed by atoms with E-state index < -0.39 is 154 Å². The average molecular weight is 1200 g/mol. The number of aliphatic hydroxyl groups is 13. The number of Topliss-reactive ketones (excluding diaryl/α,β-unsaturated/α-hetero) is 1. The van der Waals surface area contributed by atoms with Crippen LogP contribution in [0.1, 0.15) is 233 Å². The highest BCUT2D eigenvalue weighted by Gasteiger charge is 2.54. The van der Waals surface area contributed by atoms with Gasteiger partial charge in [-0.05, 0) is 19.8 Å². The van der Waals surface area contributed by atoms with Crippen LogP contribution in [-0.2, 0) is 38.0 Å². The number of hydrogen-bond acceptors (Lipinski definition) is 21. The molecular weight excluding hydrogens is 1080 g/mol. The summed E-state index contributed by atoms with van der Waals surface area (Å²) in [5.74, 6) is -2.49. The number of unbranched alkanes of at least 4 members (excludes halogenated alkanes) is 29. The number of ether oxygens (including phenoxy) is 6. The molecule has 0 saturated carbocycles. The predicted molar refractivity (Wildman–Crippen MR) is 308 cm³/mol. The Balaban J connectivity index is 1.65. The van der Waals surface area contributed by atoms with E-state index in [4.69, 9.17) is 28.4 Å². The van der Waals surface area contributed by atoms with Crippen molar-refractivity contribution in [2.75, 3.05) is 19.8 Å². The molecular formula is C61H115NO21. The summed E-state index contributed by atoms with van der Waals surface area (Å²) in [4.78, 5) is 26.9. The zero-order valence-corrected chi connectivity index (χ0v) is 50.6. The highest BCUT2D eigenvalue weighted by atomic mass is 16.8. The minimum atomic E-state index is -2.39. The van der Waals surface area contributed by atoms with Crippen LogP contribution in [-0.4, -0.2) is 220 Å². The van der Waals surface area contributed by atoms with E-state index in [2.05, 4.69) is 19.2 Å². The monoisotopic (exact) mass is 1200 g/mol. The van der Waals surface area contributed by atoms with Gasteiger partial charge in [0.25, 0.3) is 5.91 Å². The quantitative estimate of drug-likeness (QED) is 0.0303. The lowest BCUT2D eigenvalue weighted by molar-refractivity contribution is -0.386. The van der Waals surface area contributed by atoms with Crippen molar-refractivity contribution in [3.8, 4) is 0 Å². The smallest absolute Gasteiger partial charge is 0.257 e. The van der Waals surface area contributed by atoms with Crippen molar-refractivity contribution in [1.29, 1.82) is 0 Å². The Kier molecular flexibility index (Phi) is 40.0. The van der Waals surface area contributed by atoms with Gasteiger partial charge >= 0.3 is 0 Å². The van der Waals surface area contributed by atoms with Crippen LogP contribution in [0.3, 0.4) is 0 Å². The normalized spacial score (nSPS) is 30.4. The topological polar surface area (TPSA) is 365 Å². The Bertz CT molecular complexity index is 1640. The van der Waals surface area contributed by atoms with Gasteiger partial charge in [-0.15, -0.1) is 0 Å². The molecule has 3 heterocycles. The Morgan fingerprint density at radius 2 is 0.831 bits per heavy atom. The molecule has 3 rings (SSSR count). The van der Waals surface area contributed by atoms with Gasteiger partial charge in [-0.2, -0.15) is 0 Å². The van der Waals surface area contributed by atoms with E-state index in [0.717, 1.165) is 64.2 Å². The summed E-state index contributed by atoms with van der Waals surface area (Å²) >= 11 is 0. The van der Waals surface area contributed by atoms with Crippen LogP contribution < -0.4 is 5.32 Å². The first-order chi connectivity index (χ1) is 39.9. The number of carbonyl (C=O) groups excluding carboxylic acids is 2. The molecule has 1 amide bonds. The first kappa shape index (κ1) is 75.6. The van der Waals surface area contributed by atoms with Crippen LogP contribution in [0, 0.1) is 0 Å². The lowest BCUT2D eigenvalue weighted by atomic mass is 9.96. The summed E-state index contributed by atoms with van der Waals surface area (Å²) in [6, 6.07) is -1.62. The van der Waals surface area contributed by atoms with E-state index in [1.165, 1.54) is 129 Å². The first-order valence-electron chi connectivity index (χ1n) is 32.4. The summed E-state index contributed by atoms with van der Waals surface area (Å²) in [6.45, 7) is 3.22. The largest absolute Gasteiger partial charge is 0.394 e. The fourth-order valence-electron chi connectivity index (χ4n) is 11.3. The molecule has 0 radical (unpaired) electrons. The number of ketones is 1. The summed E-state index contributed by atoms with van der Waals surface area (Å²) in [7, 11) is 0. The maximum Gasteiger partial charge on any atom is 0.257 e. The van der Waals surface area contributed by atoms with E-state index in [1.807, 2.05) is 0 Å². The summed E-state index contributed by atoms with van der Waals surface area (Å²) in [5.41, 5.74) is 0. The summed E-state index contributed by atoms with van der Waals surface area (Å²) < 4.78 is 34.9. The number of rotatable bonds is 48. The Labute approximate surface area is 494 Å². The molecule has 20 atom stereocenters. The molecule has 0 aliphatic carbocycles. The molecule has 0 unspecified atom stereocenters. The fourth-order valence-corrected chi connectivity index (χ4v) is 11.3. The van der Waals surface area contributed by atoms with Crippen molar-refractivity contribution < 1.29 is 104 Å². The third-order valence-corrected chi connectivity index (χ3v) is 16.9. The highest BCUT2D eigenvalue weighted by Crippen LogP contribution is 2.34. The summed E-state index contributed by atoms with van der Waals surface area (Å²) in [6.07, 6.45) is 1.38. The molecule has 3 fully saturated rings. The molecule has 490 valence electrons. The molecule has 0 aromatic carbocycles. The van der Waals surface area contributed by atoms with Crippen molar-refractivity contribution in [3.05, 3.63) is 0 Å². The molecule has 22 nitrogen and oxygen atoms in total. The van der Waals surface area contributed by atoms with Gasteiger partial charge in [0.15, 0.2) is 30.8 Å². The van der Waals surface area contributed by atoms with E-state index in [0.29, 0.717) is 12.8 Å². The maximum absolute atomic E-state index is 13.6. The number of amides is 1. The van der Waals surface area contributed by atoms with E-state index in [-0.39, 0.29) is 12.8 Å². The van der Waals surface area contributed by atoms with Crippen LogP contribution in [0.25, 0.3) is 0 Å². The Morgan fingerprint density at radius 1 is 0.446 bits per heavy atom. The second kappa shape index (κ2) is 43.9. The molecule has 0 aromatic rings. The van der Waals surface area contributed by atoms with Gasteiger partial charge in [0.1, 0.15) is 79.4 Å². The average Bonchev–Trinajstić information content (AvgIpc) is 3.39. The number of nitrogens with one attached hydrogen (secondary N) is 1. The Morgan fingerprint density at radius 3 is 1.28 bits per heavy atom. The van der Waals surface area contributed by atoms with E-state index in [9.17, 15) is 76.0 Å². The summed E-state index contributed by atoms with van der Waals surface area (Å²) in [5, 5.41) is 143. The second-order valence-electron chi connectivity index (χ2n) is 24.0. The lowest BCUT2D eigenvalue weighted by Gasteiger charge is -2.49. The van der Waals surface area contributed by atoms with E-state index >= 15 is 0 Å².